The van der Waals surface area contributed by atoms with Crippen LogP contribution in [0.25, 0.3) is 10.8 Å². The summed E-state index contributed by atoms with van der Waals surface area (Å²) in [4.78, 5) is 11.5. The number of nitrogens with one attached hydrogen (secondary N) is 2. The second-order valence-electron chi connectivity index (χ2n) is 8.14. The zero-order valence-corrected chi connectivity index (χ0v) is 17.9. The van der Waals surface area contributed by atoms with Gasteiger partial charge in [0.2, 0.25) is 15.9 Å². The van der Waals surface area contributed by atoms with Crippen LogP contribution in [0.1, 0.15) is 38.8 Å². The molecule has 0 spiro atoms. The van der Waals surface area contributed by atoms with Crippen LogP contribution in [-0.2, 0) is 26.8 Å². The molecule has 0 atom stereocenters. The summed E-state index contributed by atoms with van der Waals surface area (Å²) in [5.74, 6) is -0.174. The van der Waals surface area contributed by atoms with Crippen LogP contribution < -0.4 is 10.0 Å². The first kappa shape index (κ1) is 21.0. The van der Waals surface area contributed by atoms with E-state index in [0.29, 0.717) is 11.1 Å². The third-order valence-corrected chi connectivity index (χ3v) is 6.20. The SMILES string of the molecule is CC(=O)Nc1ccc2c(S(=O)(=O)NCc3ccc(C(C)(C)C)cc3)cccc2c1. The van der Waals surface area contributed by atoms with E-state index in [4.69, 9.17) is 0 Å². The Morgan fingerprint density at radius 3 is 2.28 bits per heavy atom. The molecule has 0 radical (unpaired) electrons. The topological polar surface area (TPSA) is 75.3 Å². The van der Waals surface area contributed by atoms with E-state index in [2.05, 4.69) is 30.8 Å². The minimum Gasteiger partial charge on any atom is -0.326 e. The zero-order valence-electron chi connectivity index (χ0n) is 17.1. The van der Waals surface area contributed by atoms with Gasteiger partial charge in [-0.1, -0.05) is 63.2 Å². The Hall–Kier alpha value is -2.70. The molecule has 6 heteroatoms. The number of benzene rings is 3. The molecule has 3 rings (SSSR count). The van der Waals surface area contributed by atoms with Crippen molar-refractivity contribution in [1.29, 1.82) is 0 Å². The van der Waals surface area contributed by atoms with Gasteiger partial charge in [-0.25, -0.2) is 13.1 Å². The first-order chi connectivity index (χ1) is 13.6. The van der Waals surface area contributed by atoms with Crippen molar-refractivity contribution < 1.29 is 13.2 Å². The van der Waals surface area contributed by atoms with E-state index in [9.17, 15) is 13.2 Å². The van der Waals surface area contributed by atoms with E-state index in [0.717, 1.165) is 10.9 Å². The Labute approximate surface area is 172 Å². The van der Waals surface area contributed by atoms with Crippen molar-refractivity contribution >= 4 is 32.4 Å². The number of amides is 1. The normalized spacial score (nSPS) is 12.1. The molecule has 0 saturated carbocycles. The maximum absolute atomic E-state index is 12.9. The Kier molecular flexibility index (Phi) is 5.78. The second kappa shape index (κ2) is 7.97. The molecule has 3 aromatic carbocycles. The summed E-state index contributed by atoms with van der Waals surface area (Å²) >= 11 is 0. The summed E-state index contributed by atoms with van der Waals surface area (Å²) in [5, 5.41) is 4.07. The summed E-state index contributed by atoms with van der Waals surface area (Å²) in [5.41, 5.74) is 2.78. The van der Waals surface area contributed by atoms with Gasteiger partial charge in [-0.15, -0.1) is 0 Å². The average Bonchev–Trinajstić information content (AvgIpc) is 2.65. The number of hydrogen-bond donors (Lipinski definition) is 2. The third-order valence-electron chi connectivity index (χ3n) is 4.74. The van der Waals surface area contributed by atoms with Crippen LogP contribution >= 0.6 is 0 Å². The lowest BCUT2D eigenvalue weighted by Crippen LogP contribution is -2.23. The highest BCUT2D eigenvalue weighted by molar-refractivity contribution is 7.89. The minimum atomic E-state index is -3.70. The quantitative estimate of drug-likeness (QED) is 0.647. The summed E-state index contributed by atoms with van der Waals surface area (Å²) in [7, 11) is -3.70. The van der Waals surface area contributed by atoms with Gasteiger partial charge in [0.1, 0.15) is 0 Å². The fraction of sp³-hybridized carbons (Fsp3) is 0.261. The van der Waals surface area contributed by atoms with Crippen molar-refractivity contribution in [3.05, 3.63) is 71.8 Å². The Morgan fingerprint density at radius 2 is 1.66 bits per heavy atom. The van der Waals surface area contributed by atoms with Crippen LogP contribution in [0.3, 0.4) is 0 Å². The van der Waals surface area contributed by atoms with Gasteiger partial charge in [0.25, 0.3) is 0 Å². The van der Waals surface area contributed by atoms with Crippen LogP contribution in [-0.4, -0.2) is 14.3 Å². The van der Waals surface area contributed by atoms with Crippen LogP contribution in [0.5, 0.6) is 0 Å². The lowest BCUT2D eigenvalue weighted by Gasteiger charge is -2.19. The fourth-order valence-electron chi connectivity index (χ4n) is 3.15. The molecule has 0 saturated heterocycles. The summed E-state index contributed by atoms with van der Waals surface area (Å²) in [6, 6.07) is 18.3. The predicted octanol–water partition coefficient (Wildman–Crippen LogP) is 4.57. The molecule has 29 heavy (non-hydrogen) atoms. The molecular formula is C23H26N2O3S. The molecule has 0 aliphatic heterocycles. The predicted molar refractivity (Wildman–Crippen MR) is 117 cm³/mol. The first-order valence-corrected chi connectivity index (χ1v) is 10.9. The number of carbonyl (C=O) groups excluding carboxylic acids is 1. The van der Waals surface area contributed by atoms with Crippen LogP contribution in [0, 0.1) is 0 Å². The van der Waals surface area contributed by atoms with Crippen LogP contribution in [0.2, 0.25) is 0 Å². The van der Waals surface area contributed by atoms with Crippen molar-refractivity contribution in [1.82, 2.24) is 4.72 Å². The van der Waals surface area contributed by atoms with E-state index in [1.54, 1.807) is 30.3 Å². The van der Waals surface area contributed by atoms with E-state index in [-0.39, 0.29) is 22.8 Å². The minimum absolute atomic E-state index is 0.0527. The van der Waals surface area contributed by atoms with E-state index in [1.807, 2.05) is 30.3 Å². The Bertz CT molecular complexity index is 1140. The Balaban J connectivity index is 1.83. The van der Waals surface area contributed by atoms with Gasteiger partial charge in [0.15, 0.2) is 0 Å². The zero-order chi connectivity index (χ0) is 21.2. The molecule has 0 aliphatic carbocycles. The van der Waals surface area contributed by atoms with Crippen molar-refractivity contribution in [3.63, 3.8) is 0 Å². The van der Waals surface area contributed by atoms with E-state index >= 15 is 0 Å². The van der Waals surface area contributed by atoms with Crippen molar-refractivity contribution in [2.45, 2.75) is 44.6 Å². The van der Waals surface area contributed by atoms with Crippen molar-refractivity contribution in [2.24, 2.45) is 0 Å². The molecule has 5 nitrogen and oxygen atoms in total. The van der Waals surface area contributed by atoms with Crippen molar-refractivity contribution in [3.8, 4) is 0 Å². The van der Waals surface area contributed by atoms with E-state index in [1.165, 1.54) is 12.5 Å². The summed E-state index contributed by atoms with van der Waals surface area (Å²) < 4.78 is 28.5. The largest absolute Gasteiger partial charge is 0.326 e. The number of sulfonamides is 1. The molecule has 0 aromatic heterocycles. The molecule has 0 unspecified atom stereocenters. The smallest absolute Gasteiger partial charge is 0.241 e. The maximum atomic E-state index is 12.9. The summed E-state index contributed by atoms with van der Waals surface area (Å²) in [6.45, 7) is 8.07. The number of carbonyl (C=O) groups is 1. The van der Waals surface area contributed by atoms with Crippen LogP contribution in [0.4, 0.5) is 5.69 Å². The number of hydrogen-bond acceptors (Lipinski definition) is 3. The van der Waals surface area contributed by atoms with Crippen molar-refractivity contribution in [2.75, 3.05) is 5.32 Å². The fourth-order valence-corrected chi connectivity index (χ4v) is 4.39. The number of anilines is 1. The average molecular weight is 411 g/mol. The van der Waals surface area contributed by atoms with E-state index < -0.39 is 10.0 Å². The lowest BCUT2D eigenvalue weighted by atomic mass is 9.87. The highest BCUT2D eigenvalue weighted by atomic mass is 32.2. The highest BCUT2D eigenvalue weighted by Gasteiger charge is 2.18. The van der Waals surface area contributed by atoms with Crippen LogP contribution in [0.15, 0.2) is 65.6 Å². The van der Waals surface area contributed by atoms with Gasteiger partial charge in [0, 0.05) is 24.5 Å². The van der Waals surface area contributed by atoms with Gasteiger partial charge >= 0.3 is 0 Å². The molecule has 2 N–H and O–H groups in total. The monoisotopic (exact) mass is 410 g/mol. The maximum Gasteiger partial charge on any atom is 0.241 e. The molecule has 0 fully saturated rings. The number of rotatable bonds is 5. The lowest BCUT2D eigenvalue weighted by molar-refractivity contribution is -0.114. The molecule has 0 bridgehead atoms. The van der Waals surface area contributed by atoms with Gasteiger partial charge in [-0.05, 0) is 40.1 Å². The summed E-state index contributed by atoms with van der Waals surface area (Å²) in [6.07, 6.45) is 0. The van der Waals surface area contributed by atoms with Gasteiger partial charge in [-0.3, -0.25) is 4.79 Å². The third kappa shape index (κ3) is 5.02. The number of fused-ring (bicyclic) bond motifs is 1. The van der Waals surface area contributed by atoms with Gasteiger partial charge in [-0.2, -0.15) is 0 Å². The molecule has 3 aromatic rings. The molecule has 152 valence electrons. The Morgan fingerprint density at radius 1 is 0.966 bits per heavy atom. The van der Waals surface area contributed by atoms with Gasteiger partial charge in [0.05, 0.1) is 4.90 Å². The standard InChI is InChI=1S/C23H26N2O3S/c1-16(26)25-20-12-13-21-18(14-20)6-5-7-22(21)29(27,28)24-15-17-8-10-19(11-9-17)23(2,3)4/h5-14,24H,15H2,1-4H3,(H,25,26). The first-order valence-electron chi connectivity index (χ1n) is 9.46. The highest BCUT2D eigenvalue weighted by Crippen LogP contribution is 2.26. The molecular weight excluding hydrogens is 384 g/mol. The van der Waals surface area contributed by atoms with Gasteiger partial charge < -0.3 is 5.32 Å². The molecule has 0 aliphatic rings. The molecule has 0 heterocycles. The molecule has 1 amide bonds. The second-order valence-corrected chi connectivity index (χ2v) is 9.88.